The minimum absolute atomic E-state index is 0.177. The van der Waals surface area contributed by atoms with Crippen molar-refractivity contribution in [2.75, 3.05) is 16.8 Å². The summed E-state index contributed by atoms with van der Waals surface area (Å²) in [6.45, 7) is 3.37. The first-order valence-electron chi connectivity index (χ1n) is 10.0. The Balaban J connectivity index is 1.78. The number of rotatable bonds is 7. The number of benzene rings is 2. The van der Waals surface area contributed by atoms with Crippen molar-refractivity contribution in [2.24, 2.45) is 0 Å². The van der Waals surface area contributed by atoms with Crippen LogP contribution in [0.15, 0.2) is 59.5 Å². The molecule has 1 aromatic heterocycles. The van der Waals surface area contributed by atoms with Gasteiger partial charge in [0.2, 0.25) is 5.91 Å². The first-order chi connectivity index (χ1) is 16.3. The Morgan fingerprint density at radius 3 is 2.59 bits per heavy atom. The minimum atomic E-state index is -0.640. The summed E-state index contributed by atoms with van der Waals surface area (Å²) in [6.07, 6.45) is 1.33. The second-order valence-corrected chi connectivity index (χ2v) is 8.08. The molecule has 0 atom stereocenters. The summed E-state index contributed by atoms with van der Waals surface area (Å²) in [5.74, 6) is -1.37. The SMILES string of the molecule is CCOC(=O)c1ccc(NC(=O)/C(C#N)=C/c2csc(N(C(C)=O)c3cccc(Cl)c3)n2)cc1. The molecule has 0 spiro atoms. The molecule has 0 bridgehead atoms. The van der Waals surface area contributed by atoms with Crippen molar-refractivity contribution in [1.82, 2.24) is 4.98 Å². The molecule has 3 aromatic rings. The number of nitrogens with zero attached hydrogens (tertiary/aromatic N) is 3. The molecule has 0 saturated heterocycles. The molecule has 2 amide bonds. The van der Waals surface area contributed by atoms with Crippen LogP contribution in [0.25, 0.3) is 6.08 Å². The van der Waals surface area contributed by atoms with Gasteiger partial charge in [-0.2, -0.15) is 5.26 Å². The van der Waals surface area contributed by atoms with Crippen LogP contribution in [0.5, 0.6) is 0 Å². The summed E-state index contributed by atoms with van der Waals surface area (Å²) in [6, 6.07) is 14.8. The molecule has 34 heavy (non-hydrogen) atoms. The number of hydrogen-bond acceptors (Lipinski definition) is 7. The average Bonchev–Trinajstić information content (AvgIpc) is 3.25. The van der Waals surface area contributed by atoms with E-state index in [9.17, 15) is 19.6 Å². The Hall–Kier alpha value is -4.00. The van der Waals surface area contributed by atoms with E-state index >= 15 is 0 Å². The largest absolute Gasteiger partial charge is 0.462 e. The second kappa shape index (κ2) is 11.2. The fourth-order valence-electron chi connectivity index (χ4n) is 2.89. The predicted octanol–water partition coefficient (Wildman–Crippen LogP) is 5.20. The monoisotopic (exact) mass is 494 g/mol. The van der Waals surface area contributed by atoms with Gasteiger partial charge >= 0.3 is 5.97 Å². The summed E-state index contributed by atoms with van der Waals surface area (Å²) in [7, 11) is 0. The molecule has 0 fully saturated rings. The average molecular weight is 495 g/mol. The number of ether oxygens (including phenoxy) is 1. The van der Waals surface area contributed by atoms with Crippen LogP contribution in [-0.2, 0) is 14.3 Å². The number of hydrogen-bond donors (Lipinski definition) is 1. The van der Waals surface area contributed by atoms with Gasteiger partial charge in [0, 0.05) is 23.0 Å². The lowest BCUT2D eigenvalue weighted by Crippen LogP contribution is -2.22. The van der Waals surface area contributed by atoms with Gasteiger partial charge in [-0.05, 0) is 55.5 Å². The summed E-state index contributed by atoms with van der Waals surface area (Å²) >= 11 is 7.23. The van der Waals surface area contributed by atoms with E-state index in [0.29, 0.717) is 32.8 Å². The fourth-order valence-corrected chi connectivity index (χ4v) is 3.92. The summed E-state index contributed by atoms with van der Waals surface area (Å²) in [4.78, 5) is 42.3. The maximum Gasteiger partial charge on any atom is 0.338 e. The first-order valence-corrected chi connectivity index (χ1v) is 11.3. The molecular formula is C24H19ClN4O4S. The van der Waals surface area contributed by atoms with E-state index in [1.54, 1.807) is 36.6 Å². The normalized spacial score (nSPS) is 10.8. The van der Waals surface area contributed by atoms with E-state index in [-0.39, 0.29) is 18.1 Å². The summed E-state index contributed by atoms with van der Waals surface area (Å²) in [5.41, 5.74) is 1.47. The molecule has 10 heteroatoms. The van der Waals surface area contributed by atoms with Gasteiger partial charge in [-0.1, -0.05) is 17.7 Å². The zero-order valence-electron chi connectivity index (χ0n) is 18.2. The lowest BCUT2D eigenvalue weighted by Gasteiger charge is -2.18. The van der Waals surface area contributed by atoms with Crippen LogP contribution in [0.3, 0.4) is 0 Å². The smallest absolute Gasteiger partial charge is 0.338 e. The third-order valence-electron chi connectivity index (χ3n) is 4.39. The van der Waals surface area contributed by atoms with Crippen molar-refractivity contribution in [2.45, 2.75) is 13.8 Å². The van der Waals surface area contributed by atoms with Crippen molar-refractivity contribution in [1.29, 1.82) is 5.26 Å². The van der Waals surface area contributed by atoms with E-state index in [4.69, 9.17) is 16.3 Å². The van der Waals surface area contributed by atoms with Crippen LogP contribution in [0.2, 0.25) is 5.02 Å². The van der Waals surface area contributed by atoms with Gasteiger partial charge in [0.1, 0.15) is 11.6 Å². The van der Waals surface area contributed by atoms with Crippen LogP contribution < -0.4 is 10.2 Å². The maximum atomic E-state index is 12.6. The third-order valence-corrected chi connectivity index (χ3v) is 5.47. The van der Waals surface area contributed by atoms with Crippen molar-refractivity contribution in [3.05, 3.63) is 75.8 Å². The zero-order chi connectivity index (χ0) is 24.7. The van der Waals surface area contributed by atoms with E-state index < -0.39 is 11.9 Å². The van der Waals surface area contributed by atoms with Crippen LogP contribution in [0.4, 0.5) is 16.5 Å². The molecule has 0 radical (unpaired) electrons. The number of esters is 1. The summed E-state index contributed by atoms with van der Waals surface area (Å²) in [5, 5.41) is 14.6. The molecule has 1 N–H and O–H groups in total. The number of halogens is 1. The fraction of sp³-hybridized carbons (Fsp3) is 0.125. The molecule has 0 saturated carbocycles. The van der Waals surface area contributed by atoms with Crippen molar-refractivity contribution < 1.29 is 19.1 Å². The Kier molecular flexibility index (Phi) is 8.14. The Labute approximate surface area is 205 Å². The minimum Gasteiger partial charge on any atom is -0.462 e. The molecular weight excluding hydrogens is 476 g/mol. The molecule has 1 heterocycles. The first kappa shape index (κ1) is 24.6. The zero-order valence-corrected chi connectivity index (χ0v) is 19.8. The number of carbonyl (C=O) groups excluding carboxylic acids is 3. The summed E-state index contributed by atoms with van der Waals surface area (Å²) < 4.78 is 4.92. The standard InChI is InChI=1S/C24H19ClN4O4S/c1-3-33-23(32)16-7-9-19(10-8-16)27-22(31)17(13-26)11-20-14-34-24(28-20)29(15(2)30)21-6-4-5-18(25)12-21/h4-12,14H,3H2,1-2H3,(H,27,31)/b17-11+. The van der Waals surface area contributed by atoms with Gasteiger partial charge in [0.05, 0.1) is 23.6 Å². The van der Waals surface area contributed by atoms with Gasteiger partial charge in [-0.25, -0.2) is 9.78 Å². The molecule has 0 unspecified atom stereocenters. The van der Waals surface area contributed by atoms with E-state index in [1.807, 2.05) is 6.07 Å². The highest BCUT2D eigenvalue weighted by molar-refractivity contribution is 7.14. The van der Waals surface area contributed by atoms with Crippen LogP contribution >= 0.6 is 22.9 Å². The van der Waals surface area contributed by atoms with E-state index in [1.165, 1.54) is 53.5 Å². The number of amides is 2. The molecule has 8 nitrogen and oxygen atoms in total. The van der Waals surface area contributed by atoms with Crippen molar-refractivity contribution >= 4 is 63.3 Å². The number of nitrogens with one attached hydrogen (secondary N) is 1. The molecule has 2 aromatic carbocycles. The molecule has 0 aliphatic rings. The topological polar surface area (TPSA) is 112 Å². The van der Waals surface area contributed by atoms with Crippen molar-refractivity contribution in [3.63, 3.8) is 0 Å². The number of nitriles is 1. The van der Waals surface area contributed by atoms with Gasteiger partial charge < -0.3 is 10.1 Å². The molecule has 3 rings (SSSR count). The Morgan fingerprint density at radius 1 is 1.24 bits per heavy atom. The van der Waals surface area contributed by atoms with E-state index in [2.05, 4.69) is 10.3 Å². The predicted molar refractivity (Wildman–Crippen MR) is 131 cm³/mol. The molecule has 0 aliphatic heterocycles. The quantitative estimate of drug-likeness (QED) is 0.274. The van der Waals surface area contributed by atoms with Crippen LogP contribution in [-0.4, -0.2) is 29.4 Å². The van der Waals surface area contributed by atoms with Crippen LogP contribution in [0.1, 0.15) is 29.9 Å². The molecule has 172 valence electrons. The number of thiazole rings is 1. The highest BCUT2D eigenvalue weighted by Crippen LogP contribution is 2.31. The van der Waals surface area contributed by atoms with Gasteiger partial charge in [-0.3, -0.25) is 14.5 Å². The Morgan fingerprint density at radius 2 is 1.97 bits per heavy atom. The number of aromatic nitrogens is 1. The van der Waals surface area contributed by atoms with Crippen LogP contribution in [0, 0.1) is 11.3 Å². The van der Waals surface area contributed by atoms with E-state index in [0.717, 1.165) is 0 Å². The molecule has 0 aliphatic carbocycles. The number of carbonyl (C=O) groups is 3. The maximum absolute atomic E-state index is 12.6. The Bertz CT molecular complexity index is 1290. The van der Waals surface area contributed by atoms with Gasteiger partial charge in [0.15, 0.2) is 5.13 Å². The highest BCUT2D eigenvalue weighted by atomic mass is 35.5. The van der Waals surface area contributed by atoms with Gasteiger partial charge in [-0.15, -0.1) is 11.3 Å². The van der Waals surface area contributed by atoms with Gasteiger partial charge in [0.25, 0.3) is 5.91 Å². The lowest BCUT2D eigenvalue weighted by molar-refractivity contribution is -0.116. The lowest BCUT2D eigenvalue weighted by atomic mass is 10.2. The third kappa shape index (κ3) is 6.07. The van der Waals surface area contributed by atoms with Crippen molar-refractivity contribution in [3.8, 4) is 6.07 Å². The second-order valence-electron chi connectivity index (χ2n) is 6.81. The number of anilines is 3. The highest BCUT2D eigenvalue weighted by Gasteiger charge is 2.19.